The standard InChI is InChI=1S/C35H59N5O7S/c1-10-20(3)29-33(45)40-15-11-12-25(40)34(46)47-27(35(7,8)9)17-19(2)16-26(41)21(4)32-38-24(18-48-32)13-14-28(42)36-22(5)30(43)37-23(6)31(44)39-29/h19-27,29,41H,10-18H2,1-9H3,(H,36,42)(H,37,43)(H,39,44)/t19-,20-,21-,22-,23-,24+,25-,26?,27-,29-/m0/s1. The molecule has 4 N–H and O–H groups in total. The number of aliphatic imine (C=N–C) groups is 1. The number of carbonyl (C=O) groups excluding carboxylic acids is 5. The molecule has 3 aliphatic rings. The lowest BCUT2D eigenvalue weighted by Gasteiger charge is -2.36. The monoisotopic (exact) mass is 693 g/mol. The molecule has 48 heavy (non-hydrogen) atoms. The van der Waals surface area contributed by atoms with Crippen LogP contribution in [0.2, 0.25) is 0 Å². The molecule has 1 unspecified atom stereocenters. The molecule has 0 aliphatic carbocycles. The molecule has 10 atom stereocenters. The molecule has 2 bridgehead atoms. The number of carbonyl (C=O) groups is 5. The van der Waals surface area contributed by atoms with Gasteiger partial charge in [-0.05, 0) is 63.2 Å². The number of rotatable bonds is 2. The fourth-order valence-corrected chi connectivity index (χ4v) is 7.62. The molecule has 0 aromatic heterocycles. The zero-order valence-corrected chi connectivity index (χ0v) is 31.2. The normalized spacial score (nSPS) is 34.9. The molecule has 3 heterocycles. The first-order valence-electron chi connectivity index (χ1n) is 17.7. The first-order valence-corrected chi connectivity index (χ1v) is 18.7. The van der Waals surface area contributed by atoms with Gasteiger partial charge in [0.2, 0.25) is 23.6 Å². The van der Waals surface area contributed by atoms with Crippen LogP contribution in [0.4, 0.5) is 0 Å². The van der Waals surface area contributed by atoms with Crippen LogP contribution < -0.4 is 16.0 Å². The Bertz CT molecular complexity index is 1210. The lowest BCUT2D eigenvalue weighted by atomic mass is 9.81. The minimum Gasteiger partial charge on any atom is -0.460 e. The summed E-state index contributed by atoms with van der Waals surface area (Å²) in [6, 6.07) is -3.59. The molecule has 0 radical (unpaired) electrons. The van der Waals surface area contributed by atoms with Crippen molar-refractivity contribution < 1.29 is 33.8 Å². The third kappa shape index (κ3) is 10.7. The lowest BCUT2D eigenvalue weighted by molar-refractivity contribution is -0.164. The average molecular weight is 694 g/mol. The summed E-state index contributed by atoms with van der Waals surface area (Å²) < 4.78 is 6.19. The van der Waals surface area contributed by atoms with E-state index in [9.17, 15) is 29.1 Å². The topological polar surface area (TPSA) is 166 Å². The van der Waals surface area contributed by atoms with Crippen LogP contribution in [0, 0.1) is 23.2 Å². The number of hydrogen-bond donors (Lipinski definition) is 4. The van der Waals surface area contributed by atoms with Crippen molar-refractivity contribution in [3.8, 4) is 0 Å². The highest BCUT2D eigenvalue weighted by Gasteiger charge is 2.42. The Morgan fingerprint density at radius 3 is 2.27 bits per heavy atom. The van der Waals surface area contributed by atoms with Gasteiger partial charge < -0.3 is 30.7 Å². The van der Waals surface area contributed by atoms with Gasteiger partial charge in [0.1, 0.15) is 30.3 Å². The summed E-state index contributed by atoms with van der Waals surface area (Å²) in [6.45, 7) is 17.3. The second-order valence-electron chi connectivity index (χ2n) is 15.3. The van der Waals surface area contributed by atoms with E-state index >= 15 is 0 Å². The van der Waals surface area contributed by atoms with Gasteiger partial charge in [-0.15, -0.1) is 11.8 Å². The summed E-state index contributed by atoms with van der Waals surface area (Å²) in [5.74, 6) is -1.81. The maximum absolute atomic E-state index is 14.0. The Morgan fingerprint density at radius 1 is 0.979 bits per heavy atom. The van der Waals surface area contributed by atoms with Crippen LogP contribution in [0.15, 0.2) is 4.99 Å². The third-order valence-electron chi connectivity index (χ3n) is 10.00. The van der Waals surface area contributed by atoms with Crippen molar-refractivity contribution in [2.24, 2.45) is 28.2 Å². The Kier molecular flexibility index (Phi) is 14.3. The Labute approximate surface area is 290 Å². The largest absolute Gasteiger partial charge is 0.460 e. The number of nitrogens with zero attached hydrogens (tertiary/aromatic N) is 2. The van der Waals surface area contributed by atoms with Crippen molar-refractivity contribution in [3.05, 3.63) is 0 Å². The first kappa shape index (κ1) is 39.8. The molecule has 13 heteroatoms. The lowest BCUT2D eigenvalue weighted by Crippen LogP contribution is -2.58. The number of cyclic esters (lactones) is 1. The second kappa shape index (κ2) is 17.3. The van der Waals surface area contributed by atoms with Gasteiger partial charge in [-0.2, -0.15) is 0 Å². The van der Waals surface area contributed by atoms with E-state index in [2.05, 4.69) is 16.0 Å². The Balaban J connectivity index is 1.89. The van der Waals surface area contributed by atoms with E-state index in [1.165, 1.54) is 11.8 Å². The number of ether oxygens (including phenoxy) is 1. The van der Waals surface area contributed by atoms with Gasteiger partial charge in [-0.3, -0.25) is 24.2 Å². The molecule has 4 amide bonds. The van der Waals surface area contributed by atoms with Crippen LogP contribution in [0.1, 0.15) is 107 Å². The zero-order chi connectivity index (χ0) is 35.9. The summed E-state index contributed by atoms with van der Waals surface area (Å²) in [6.07, 6.45) is 2.35. The molecular weight excluding hydrogens is 634 g/mol. The van der Waals surface area contributed by atoms with E-state index in [-0.39, 0.29) is 47.4 Å². The maximum atomic E-state index is 14.0. The van der Waals surface area contributed by atoms with Gasteiger partial charge in [0.15, 0.2) is 0 Å². The Hall–Kier alpha value is -2.67. The fourth-order valence-electron chi connectivity index (χ4n) is 6.37. The molecule has 3 aliphatic heterocycles. The predicted molar refractivity (Wildman–Crippen MR) is 187 cm³/mol. The van der Waals surface area contributed by atoms with Crippen molar-refractivity contribution in [2.45, 2.75) is 150 Å². The third-order valence-corrected chi connectivity index (χ3v) is 11.3. The zero-order valence-electron chi connectivity index (χ0n) is 30.3. The van der Waals surface area contributed by atoms with E-state index in [1.54, 1.807) is 18.7 Å². The minimum atomic E-state index is -0.972. The first-order chi connectivity index (χ1) is 22.4. The van der Waals surface area contributed by atoms with Crippen LogP contribution in [-0.4, -0.2) is 99.4 Å². The highest BCUT2D eigenvalue weighted by molar-refractivity contribution is 8.14. The number of nitrogens with one attached hydrogen (secondary N) is 3. The van der Waals surface area contributed by atoms with E-state index in [0.29, 0.717) is 45.1 Å². The van der Waals surface area contributed by atoms with Gasteiger partial charge in [0, 0.05) is 24.6 Å². The smallest absolute Gasteiger partial charge is 0.329 e. The van der Waals surface area contributed by atoms with Crippen LogP contribution in [0.3, 0.4) is 0 Å². The van der Waals surface area contributed by atoms with Crippen LogP contribution >= 0.6 is 11.8 Å². The number of aliphatic hydroxyl groups is 1. The van der Waals surface area contributed by atoms with Gasteiger partial charge in [-0.25, -0.2) is 4.79 Å². The van der Waals surface area contributed by atoms with Gasteiger partial charge in [-0.1, -0.05) is 54.9 Å². The average Bonchev–Trinajstić information content (AvgIpc) is 3.70. The van der Waals surface area contributed by atoms with E-state index < -0.39 is 54.2 Å². The number of hydrogen-bond acceptors (Lipinski definition) is 9. The number of esters is 1. The summed E-state index contributed by atoms with van der Waals surface area (Å²) in [5.41, 5.74) is -0.381. The van der Waals surface area contributed by atoms with Crippen molar-refractivity contribution >= 4 is 46.4 Å². The number of amides is 4. The quantitative estimate of drug-likeness (QED) is 0.320. The highest BCUT2D eigenvalue weighted by Crippen LogP contribution is 2.34. The minimum absolute atomic E-state index is 0.0343. The van der Waals surface area contributed by atoms with Crippen LogP contribution in [0.5, 0.6) is 0 Å². The van der Waals surface area contributed by atoms with Gasteiger partial charge in [0.05, 0.1) is 17.2 Å². The summed E-state index contributed by atoms with van der Waals surface area (Å²) in [5, 5.41) is 20.3. The summed E-state index contributed by atoms with van der Waals surface area (Å²) in [4.78, 5) is 73.0. The van der Waals surface area contributed by atoms with E-state index in [4.69, 9.17) is 9.73 Å². The fraction of sp³-hybridized carbons (Fsp3) is 0.829. The summed E-state index contributed by atoms with van der Waals surface area (Å²) in [7, 11) is 0. The SMILES string of the molecule is CC[C@H](C)[C@@H]1NC(=O)[C@H](C)NC(=O)[C@H](C)NC(=O)CC[C@@H]2CSC(=N2)[C@@H](C)C(O)C[C@H](C)C[C@@H](C(C)(C)C)OC(=O)[C@@H]2CCCN2C1=O. The second-order valence-corrected chi connectivity index (χ2v) is 16.3. The van der Waals surface area contributed by atoms with Crippen molar-refractivity contribution in [1.29, 1.82) is 0 Å². The van der Waals surface area contributed by atoms with Crippen molar-refractivity contribution in [2.75, 3.05) is 12.3 Å². The molecular formula is C35H59N5O7S. The van der Waals surface area contributed by atoms with Crippen molar-refractivity contribution in [1.82, 2.24) is 20.9 Å². The van der Waals surface area contributed by atoms with E-state index in [0.717, 1.165) is 10.8 Å². The van der Waals surface area contributed by atoms with Crippen LogP contribution in [0.25, 0.3) is 0 Å². The number of fused-ring (bicyclic) bond motifs is 2. The molecule has 0 aromatic carbocycles. The molecule has 3 rings (SSSR count). The van der Waals surface area contributed by atoms with E-state index in [1.807, 2.05) is 48.5 Å². The highest BCUT2D eigenvalue weighted by atomic mass is 32.2. The van der Waals surface area contributed by atoms with Crippen molar-refractivity contribution in [3.63, 3.8) is 0 Å². The predicted octanol–water partition coefficient (Wildman–Crippen LogP) is 3.20. The maximum Gasteiger partial charge on any atom is 0.329 e. The molecule has 0 aromatic rings. The molecule has 0 spiro atoms. The molecule has 1 saturated heterocycles. The Morgan fingerprint density at radius 2 is 1.62 bits per heavy atom. The molecule has 1 fully saturated rings. The van der Waals surface area contributed by atoms with Gasteiger partial charge >= 0.3 is 5.97 Å². The number of thioether (sulfide) groups is 1. The number of aliphatic hydroxyl groups excluding tert-OH is 1. The summed E-state index contributed by atoms with van der Waals surface area (Å²) >= 11 is 1.60. The molecule has 12 nitrogen and oxygen atoms in total. The molecule has 0 saturated carbocycles. The molecule has 272 valence electrons. The van der Waals surface area contributed by atoms with Crippen LogP contribution in [-0.2, 0) is 28.7 Å². The van der Waals surface area contributed by atoms with Gasteiger partial charge in [0.25, 0.3) is 0 Å².